The molecule has 2 aromatic rings. The Bertz CT molecular complexity index is 799. The number of hydrogen-bond donors (Lipinski definition) is 1. The molecular weight excluding hydrogens is 352 g/mol. The number of carbonyl (C=O) groups excluding carboxylic acids is 1. The van der Waals surface area contributed by atoms with Gasteiger partial charge < -0.3 is 9.73 Å². The van der Waals surface area contributed by atoms with Crippen molar-refractivity contribution in [2.24, 2.45) is 5.92 Å². The maximum absolute atomic E-state index is 14.0. The average Bonchev–Trinajstić information content (AvgIpc) is 2.96. The average molecular weight is 377 g/mol. The summed E-state index contributed by atoms with van der Waals surface area (Å²) in [5.74, 6) is 0.174. The van der Waals surface area contributed by atoms with E-state index < -0.39 is 11.6 Å². The van der Waals surface area contributed by atoms with Gasteiger partial charge in [-0.15, -0.1) is 0 Å². The van der Waals surface area contributed by atoms with E-state index in [0.29, 0.717) is 18.2 Å². The monoisotopic (exact) mass is 377 g/mol. The van der Waals surface area contributed by atoms with E-state index in [-0.39, 0.29) is 17.4 Å². The number of benzene rings is 1. The fourth-order valence-electron chi connectivity index (χ4n) is 3.45. The Hall–Kier alpha value is -2.28. The number of carbonyl (C=O) groups is 1. The van der Waals surface area contributed by atoms with Gasteiger partial charge in [-0.05, 0) is 57.3 Å². The molecule has 0 aliphatic carbocycles. The molecule has 3 rings (SSSR count). The third-order valence-corrected chi connectivity index (χ3v) is 5.06. The molecule has 1 aromatic heterocycles. The van der Waals surface area contributed by atoms with Crippen molar-refractivity contribution in [1.82, 2.24) is 15.2 Å². The molecule has 0 bridgehead atoms. The minimum absolute atomic E-state index is 0.0161. The van der Waals surface area contributed by atoms with Gasteiger partial charge in [-0.3, -0.25) is 9.69 Å². The van der Waals surface area contributed by atoms with Crippen LogP contribution in [0, 0.1) is 24.5 Å². The van der Waals surface area contributed by atoms with Crippen molar-refractivity contribution in [1.29, 1.82) is 0 Å². The molecule has 0 spiro atoms. The summed E-state index contributed by atoms with van der Waals surface area (Å²) >= 11 is 0. The van der Waals surface area contributed by atoms with Gasteiger partial charge >= 0.3 is 0 Å². The molecule has 0 saturated carbocycles. The van der Waals surface area contributed by atoms with Gasteiger partial charge in [-0.25, -0.2) is 13.8 Å². The van der Waals surface area contributed by atoms with Crippen molar-refractivity contribution in [2.75, 3.05) is 19.6 Å². The Morgan fingerprint density at radius 2 is 2.07 bits per heavy atom. The largest absolute Gasteiger partial charge is 0.441 e. The van der Waals surface area contributed by atoms with Gasteiger partial charge in [0, 0.05) is 26.1 Å². The maximum Gasteiger partial charge on any atom is 0.229 e. The second-order valence-corrected chi connectivity index (χ2v) is 7.14. The summed E-state index contributed by atoms with van der Waals surface area (Å²) in [6, 6.07) is 3.38. The van der Waals surface area contributed by atoms with Gasteiger partial charge in [0.15, 0.2) is 0 Å². The van der Waals surface area contributed by atoms with Crippen molar-refractivity contribution in [3.8, 4) is 11.5 Å². The summed E-state index contributed by atoms with van der Waals surface area (Å²) in [6.07, 6.45) is 3.16. The van der Waals surface area contributed by atoms with E-state index in [0.717, 1.165) is 50.7 Å². The smallest absolute Gasteiger partial charge is 0.229 e. The fourth-order valence-corrected chi connectivity index (χ4v) is 3.45. The predicted octanol–water partition coefficient (Wildman–Crippen LogP) is 3.67. The van der Waals surface area contributed by atoms with Crippen LogP contribution < -0.4 is 5.32 Å². The zero-order chi connectivity index (χ0) is 19.4. The molecule has 0 unspecified atom stereocenters. The third kappa shape index (κ3) is 5.13. The van der Waals surface area contributed by atoms with E-state index in [4.69, 9.17) is 4.42 Å². The van der Waals surface area contributed by atoms with Crippen LogP contribution in [-0.4, -0.2) is 35.4 Å². The van der Waals surface area contributed by atoms with Crippen LogP contribution in [0.5, 0.6) is 0 Å². The van der Waals surface area contributed by atoms with E-state index in [2.05, 4.69) is 15.2 Å². The van der Waals surface area contributed by atoms with E-state index in [1.165, 1.54) is 19.1 Å². The number of hydrogen-bond acceptors (Lipinski definition) is 4. The number of nitrogens with zero attached hydrogens (tertiary/aromatic N) is 2. The normalized spacial score (nSPS) is 15.9. The highest BCUT2D eigenvalue weighted by atomic mass is 19.1. The molecule has 0 atom stereocenters. The maximum atomic E-state index is 14.0. The van der Waals surface area contributed by atoms with Crippen LogP contribution in [0.25, 0.3) is 11.5 Å². The Balaban J connectivity index is 1.56. The minimum atomic E-state index is -0.678. The van der Waals surface area contributed by atoms with Gasteiger partial charge in [0.25, 0.3) is 0 Å². The second-order valence-electron chi connectivity index (χ2n) is 7.14. The molecule has 7 heteroatoms. The number of amides is 1. The highest BCUT2D eigenvalue weighted by molar-refractivity contribution is 5.72. The molecule has 1 aliphatic rings. The number of oxazole rings is 1. The standard InChI is InChI=1S/C20H25F2N3O2/c1-13-19(24-20(27-13)17-4-3-16(21)11-18(17)22)12-25-9-6-15(7-10-25)5-8-23-14(2)26/h3-4,11,15H,5-10,12H2,1-2H3,(H,23,26). The van der Waals surface area contributed by atoms with Crippen LogP contribution >= 0.6 is 0 Å². The number of aryl methyl sites for hydroxylation is 1. The van der Waals surface area contributed by atoms with E-state index >= 15 is 0 Å². The predicted molar refractivity (Wildman–Crippen MR) is 97.9 cm³/mol. The molecule has 1 saturated heterocycles. The summed E-state index contributed by atoms with van der Waals surface area (Å²) in [4.78, 5) is 17.7. The van der Waals surface area contributed by atoms with E-state index in [9.17, 15) is 13.6 Å². The molecule has 1 aliphatic heterocycles. The molecule has 1 N–H and O–H groups in total. The Morgan fingerprint density at radius 1 is 1.33 bits per heavy atom. The highest BCUT2D eigenvalue weighted by Crippen LogP contribution is 2.27. The summed E-state index contributed by atoms with van der Waals surface area (Å²) in [7, 11) is 0. The molecule has 1 amide bonds. The first kappa shape index (κ1) is 19.5. The topological polar surface area (TPSA) is 58.4 Å². The molecule has 0 radical (unpaired) electrons. The summed E-state index contributed by atoms with van der Waals surface area (Å²) in [6.45, 7) is 6.64. The van der Waals surface area contributed by atoms with Crippen molar-refractivity contribution in [3.63, 3.8) is 0 Å². The quantitative estimate of drug-likeness (QED) is 0.835. The molecule has 27 heavy (non-hydrogen) atoms. The van der Waals surface area contributed by atoms with Crippen LogP contribution in [0.4, 0.5) is 8.78 Å². The third-order valence-electron chi connectivity index (χ3n) is 5.06. The van der Waals surface area contributed by atoms with Crippen LogP contribution in [0.1, 0.15) is 37.6 Å². The molecule has 1 fully saturated rings. The van der Waals surface area contributed by atoms with Crippen LogP contribution in [-0.2, 0) is 11.3 Å². The number of piperidine rings is 1. The summed E-state index contributed by atoms with van der Waals surface area (Å²) in [5.41, 5.74) is 0.952. The lowest BCUT2D eigenvalue weighted by Gasteiger charge is -2.31. The first-order valence-electron chi connectivity index (χ1n) is 9.31. The van der Waals surface area contributed by atoms with Crippen LogP contribution in [0.3, 0.4) is 0 Å². The first-order chi connectivity index (χ1) is 12.9. The molecule has 1 aromatic carbocycles. The molecule has 5 nitrogen and oxygen atoms in total. The van der Waals surface area contributed by atoms with E-state index in [1.807, 2.05) is 6.92 Å². The molecule has 146 valence electrons. The van der Waals surface area contributed by atoms with Crippen LogP contribution in [0.15, 0.2) is 22.6 Å². The van der Waals surface area contributed by atoms with Gasteiger partial charge in [-0.1, -0.05) is 0 Å². The Labute approximate surface area is 157 Å². The Kier molecular flexibility index (Phi) is 6.21. The SMILES string of the molecule is CC(=O)NCCC1CCN(Cc2nc(-c3ccc(F)cc3F)oc2C)CC1. The number of likely N-dealkylation sites (tertiary alicyclic amines) is 1. The lowest BCUT2D eigenvalue weighted by atomic mass is 9.93. The minimum Gasteiger partial charge on any atom is -0.441 e. The van der Waals surface area contributed by atoms with Crippen LogP contribution in [0.2, 0.25) is 0 Å². The summed E-state index contributed by atoms with van der Waals surface area (Å²) < 4.78 is 32.7. The fraction of sp³-hybridized carbons (Fsp3) is 0.500. The van der Waals surface area contributed by atoms with Crippen molar-refractivity contribution in [3.05, 3.63) is 41.3 Å². The van der Waals surface area contributed by atoms with Gasteiger partial charge in [0.05, 0.1) is 11.3 Å². The highest BCUT2D eigenvalue weighted by Gasteiger charge is 2.22. The van der Waals surface area contributed by atoms with Crippen molar-refractivity contribution >= 4 is 5.91 Å². The Morgan fingerprint density at radius 3 is 2.74 bits per heavy atom. The zero-order valence-corrected chi connectivity index (χ0v) is 15.7. The first-order valence-corrected chi connectivity index (χ1v) is 9.31. The van der Waals surface area contributed by atoms with Gasteiger partial charge in [-0.2, -0.15) is 0 Å². The zero-order valence-electron chi connectivity index (χ0n) is 15.7. The summed E-state index contributed by atoms with van der Waals surface area (Å²) in [5, 5.41) is 2.85. The van der Waals surface area contributed by atoms with Gasteiger partial charge in [0.1, 0.15) is 17.4 Å². The molecule has 2 heterocycles. The number of halogens is 2. The lowest BCUT2D eigenvalue weighted by Crippen LogP contribution is -2.34. The van der Waals surface area contributed by atoms with Crippen molar-refractivity contribution in [2.45, 2.75) is 39.7 Å². The second kappa shape index (κ2) is 8.61. The van der Waals surface area contributed by atoms with E-state index in [1.54, 1.807) is 0 Å². The van der Waals surface area contributed by atoms with Crippen molar-refractivity contribution < 1.29 is 18.0 Å². The molecular formula is C20H25F2N3O2. The number of rotatable bonds is 6. The number of nitrogens with one attached hydrogen (secondary N) is 1. The number of aromatic nitrogens is 1. The van der Waals surface area contributed by atoms with Gasteiger partial charge in [0.2, 0.25) is 11.8 Å². The lowest BCUT2D eigenvalue weighted by molar-refractivity contribution is -0.119.